The van der Waals surface area contributed by atoms with Crippen molar-refractivity contribution in [1.29, 1.82) is 5.41 Å². The number of hydrogen-bond acceptors (Lipinski definition) is 2. The summed E-state index contributed by atoms with van der Waals surface area (Å²) < 4.78 is 4.40. The molecule has 0 spiro atoms. The average Bonchev–Trinajstić information content (AvgIpc) is 1.35. The van der Waals surface area contributed by atoms with Crippen LogP contribution in [0.15, 0.2) is 0 Å². The standard InChI is InChI=1S/C3H8N2O.BrH/c1-2-6-3(4)5;/h2H2,1H3,(H3,4,5);1H. The minimum Gasteiger partial charge on any atom is -0.466 e. The summed E-state index contributed by atoms with van der Waals surface area (Å²) in [5, 5.41) is 6.45. The van der Waals surface area contributed by atoms with Gasteiger partial charge in [-0.2, -0.15) is 0 Å². The van der Waals surface area contributed by atoms with Gasteiger partial charge >= 0.3 is 0 Å². The van der Waals surface area contributed by atoms with E-state index < -0.39 is 0 Å². The highest BCUT2D eigenvalue weighted by Gasteiger charge is 1.76. The van der Waals surface area contributed by atoms with Crippen LogP contribution in [0.2, 0.25) is 0 Å². The summed E-state index contributed by atoms with van der Waals surface area (Å²) in [5.41, 5.74) is 4.76. The van der Waals surface area contributed by atoms with E-state index in [0.29, 0.717) is 6.61 Å². The van der Waals surface area contributed by atoms with Gasteiger partial charge in [0.05, 0.1) is 6.61 Å². The zero-order valence-electron chi connectivity index (χ0n) is 4.10. The lowest BCUT2D eigenvalue weighted by molar-refractivity contribution is 0.319. The third-order valence-electron chi connectivity index (χ3n) is 0.300. The van der Waals surface area contributed by atoms with Crippen LogP contribution in [0.3, 0.4) is 0 Å². The molecule has 44 valence electrons. The fourth-order valence-corrected chi connectivity index (χ4v) is 0.156. The lowest BCUT2D eigenvalue weighted by Gasteiger charge is -1.92. The lowest BCUT2D eigenvalue weighted by atomic mass is 10.9. The monoisotopic (exact) mass is 168 g/mol. The minimum absolute atomic E-state index is 0. The molecule has 0 saturated carbocycles. The first kappa shape index (κ1) is 9.89. The molecule has 0 aromatic rings. The molecular formula is C3H9BrN2O. The van der Waals surface area contributed by atoms with E-state index in [1.54, 1.807) is 6.92 Å². The van der Waals surface area contributed by atoms with E-state index in [9.17, 15) is 0 Å². The number of nitrogens with one attached hydrogen (secondary N) is 1. The largest absolute Gasteiger partial charge is 0.466 e. The molecule has 0 fully saturated rings. The molecule has 3 nitrogen and oxygen atoms in total. The number of hydrogen-bond donors (Lipinski definition) is 2. The topological polar surface area (TPSA) is 59.1 Å². The summed E-state index contributed by atoms with van der Waals surface area (Å²) in [7, 11) is 0. The second kappa shape index (κ2) is 5.75. The van der Waals surface area contributed by atoms with Gasteiger partial charge in [0.2, 0.25) is 0 Å². The first-order valence-corrected chi connectivity index (χ1v) is 1.74. The predicted octanol–water partition coefficient (Wildman–Crippen LogP) is 0.494. The van der Waals surface area contributed by atoms with Crippen molar-refractivity contribution in [2.24, 2.45) is 5.73 Å². The summed E-state index contributed by atoms with van der Waals surface area (Å²) in [6, 6.07) is -0.211. The van der Waals surface area contributed by atoms with Crippen molar-refractivity contribution in [3.05, 3.63) is 0 Å². The molecule has 0 amide bonds. The first-order valence-electron chi connectivity index (χ1n) is 1.74. The number of amidine groups is 1. The molecule has 0 heterocycles. The van der Waals surface area contributed by atoms with Gasteiger partial charge in [-0.1, -0.05) is 0 Å². The fourth-order valence-electron chi connectivity index (χ4n) is 0.156. The molecule has 3 N–H and O–H groups in total. The van der Waals surface area contributed by atoms with E-state index in [0.717, 1.165) is 0 Å². The van der Waals surface area contributed by atoms with Crippen molar-refractivity contribution >= 4 is 23.0 Å². The lowest BCUT2D eigenvalue weighted by Crippen LogP contribution is -2.13. The van der Waals surface area contributed by atoms with Crippen molar-refractivity contribution in [2.45, 2.75) is 6.92 Å². The molecule has 0 bridgehead atoms. The van der Waals surface area contributed by atoms with Gasteiger partial charge in [-0.05, 0) is 6.92 Å². The van der Waals surface area contributed by atoms with Gasteiger partial charge in [0.1, 0.15) is 0 Å². The minimum atomic E-state index is -0.211. The summed E-state index contributed by atoms with van der Waals surface area (Å²) in [6.07, 6.45) is 0. The van der Waals surface area contributed by atoms with E-state index in [2.05, 4.69) is 4.74 Å². The zero-order valence-corrected chi connectivity index (χ0v) is 5.81. The van der Waals surface area contributed by atoms with Gasteiger partial charge in [0.15, 0.2) is 0 Å². The highest BCUT2D eigenvalue weighted by atomic mass is 79.9. The normalized spacial score (nSPS) is 6.43. The van der Waals surface area contributed by atoms with E-state index >= 15 is 0 Å². The highest BCUT2D eigenvalue weighted by Crippen LogP contribution is 1.63. The smallest absolute Gasteiger partial charge is 0.278 e. The SMILES string of the molecule is Br.CCOC(=N)N. The van der Waals surface area contributed by atoms with Crippen LogP contribution in [0.4, 0.5) is 0 Å². The molecule has 0 atom stereocenters. The summed E-state index contributed by atoms with van der Waals surface area (Å²) in [6.45, 7) is 2.26. The molecule has 0 radical (unpaired) electrons. The summed E-state index contributed by atoms with van der Waals surface area (Å²) in [4.78, 5) is 0. The van der Waals surface area contributed by atoms with Gasteiger partial charge in [-0.3, -0.25) is 5.41 Å². The molecule has 4 heteroatoms. The first-order chi connectivity index (χ1) is 2.77. The van der Waals surface area contributed by atoms with Crippen LogP contribution in [-0.2, 0) is 4.74 Å². The summed E-state index contributed by atoms with van der Waals surface area (Å²) >= 11 is 0. The van der Waals surface area contributed by atoms with Crippen molar-refractivity contribution in [3.8, 4) is 0 Å². The molecule has 0 aliphatic rings. The van der Waals surface area contributed by atoms with Crippen molar-refractivity contribution in [3.63, 3.8) is 0 Å². The predicted molar refractivity (Wildman–Crippen MR) is 33.9 cm³/mol. The van der Waals surface area contributed by atoms with Crippen LogP contribution in [0.1, 0.15) is 6.92 Å². The molecule has 0 saturated heterocycles. The Labute approximate surface area is 53.1 Å². The molecular weight excluding hydrogens is 160 g/mol. The van der Waals surface area contributed by atoms with E-state index in [-0.39, 0.29) is 23.0 Å². The maximum absolute atomic E-state index is 6.45. The van der Waals surface area contributed by atoms with Gasteiger partial charge < -0.3 is 10.5 Å². The Balaban J connectivity index is 0. The van der Waals surface area contributed by atoms with E-state index in [1.807, 2.05) is 0 Å². The molecule has 0 aliphatic heterocycles. The van der Waals surface area contributed by atoms with Gasteiger partial charge in [0.25, 0.3) is 6.02 Å². The van der Waals surface area contributed by atoms with Crippen LogP contribution in [0.5, 0.6) is 0 Å². The van der Waals surface area contributed by atoms with Gasteiger partial charge in [-0.15, -0.1) is 17.0 Å². The zero-order chi connectivity index (χ0) is 4.99. The Kier molecular flexibility index (Phi) is 8.12. The van der Waals surface area contributed by atoms with Crippen LogP contribution >= 0.6 is 17.0 Å². The molecule has 0 rings (SSSR count). The quantitative estimate of drug-likeness (QED) is 0.443. The number of ether oxygens (including phenoxy) is 1. The van der Waals surface area contributed by atoms with Crippen LogP contribution in [0, 0.1) is 5.41 Å². The van der Waals surface area contributed by atoms with E-state index in [1.165, 1.54) is 0 Å². The second-order valence-corrected chi connectivity index (χ2v) is 0.797. The second-order valence-electron chi connectivity index (χ2n) is 0.797. The molecule has 0 aliphatic carbocycles. The van der Waals surface area contributed by atoms with Gasteiger partial charge in [0, 0.05) is 0 Å². The number of nitrogens with two attached hydrogens (primary N) is 1. The van der Waals surface area contributed by atoms with Crippen molar-refractivity contribution < 1.29 is 4.74 Å². The molecule has 0 aromatic heterocycles. The summed E-state index contributed by atoms with van der Waals surface area (Å²) in [5.74, 6) is 0. The Morgan fingerprint density at radius 2 is 2.29 bits per heavy atom. The third-order valence-corrected chi connectivity index (χ3v) is 0.300. The Hall–Kier alpha value is -0.250. The molecule has 0 unspecified atom stereocenters. The van der Waals surface area contributed by atoms with Crippen LogP contribution in [0.25, 0.3) is 0 Å². The average molecular weight is 169 g/mol. The van der Waals surface area contributed by atoms with Crippen LogP contribution < -0.4 is 5.73 Å². The number of halogens is 1. The third kappa shape index (κ3) is 10.7. The Morgan fingerprint density at radius 3 is 2.29 bits per heavy atom. The molecule has 7 heavy (non-hydrogen) atoms. The Bertz CT molecular complexity index is 56.9. The van der Waals surface area contributed by atoms with Gasteiger partial charge in [-0.25, -0.2) is 0 Å². The van der Waals surface area contributed by atoms with Crippen molar-refractivity contribution in [1.82, 2.24) is 0 Å². The van der Waals surface area contributed by atoms with E-state index in [4.69, 9.17) is 11.1 Å². The number of rotatable bonds is 1. The van der Waals surface area contributed by atoms with Crippen molar-refractivity contribution in [2.75, 3.05) is 6.61 Å². The van der Waals surface area contributed by atoms with Crippen LogP contribution in [-0.4, -0.2) is 12.6 Å². The Morgan fingerprint density at radius 1 is 1.86 bits per heavy atom. The highest BCUT2D eigenvalue weighted by molar-refractivity contribution is 8.93. The maximum Gasteiger partial charge on any atom is 0.278 e. The maximum atomic E-state index is 6.45. The fraction of sp³-hybridized carbons (Fsp3) is 0.667. The molecule has 0 aromatic carbocycles.